The zero-order valence-electron chi connectivity index (χ0n) is 11.7. The van der Waals surface area contributed by atoms with Crippen LogP contribution in [0.25, 0.3) is 0 Å². The molecule has 0 nitrogen and oxygen atoms in total. The van der Waals surface area contributed by atoms with Gasteiger partial charge in [-0.25, -0.2) is 8.78 Å². The van der Waals surface area contributed by atoms with Crippen molar-refractivity contribution in [2.45, 2.75) is 18.8 Å². The van der Waals surface area contributed by atoms with Gasteiger partial charge in [-0.1, -0.05) is 24.3 Å². The molecule has 0 saturated carbocycles. The van der Waals surface area contributed by atoms with Gasteiger partial charge in [0.05, 0.1) is 0 Å². The number of hydrogen-bond donors (Lipinski definition) is 0. The summed E-state index contributed by atoms with van der Waals surface area (Å²) in [5.74, 6) is -0.437. The maximum atomic E-state index is 13.9. The lowest BCUT2D eigenvalue weighted by atomic mass is 9.76. The molecule has 112 valence electrons. The Morgan fingerprint density at radius 2 is 1.67 bits per heavy atom. The van der Waals surface area contributed by atoms with Crippen LogP contribution in [0, 0.1) is 18.6 Å². The van der Waals surface area contributed by atoms with Gasteiger partial charge in [-0.2, -0.15) is 0 Å². The highest BCUT2D eigenvalue weighted by molar-refractivity contribution is 6.22. The molecule has 0 aliphatic rings. The maximum absolute atomic E-state index is 13.9. The number of alkyl halides is 2. The molecule has 2 aromatic carbocycles. The number of aryl methyl sites for hydroxylation is 1. The predicted molar refractivity (Wildman–Crippen MR) is 84.4 cm³/mol. The Kier molecular flexibility index (Phi) is 5.23. The van der Waals surface area contributed by atoms with E-state index in [0.717, 1.165) is 23.3 Å². The summed E-state index contributed by atoms with van der Waals surface area (Å²) < 4.78 is 27.3. The minimum absolute atomic E-state index is 0.233. The summed E-state index contributed by atoms with van der Waals surface area (Å²) in [6.07, 6.45) is 0.258. The molecule has 2 aromatic rings. The summed E-state index contributed by atoms with van der Waals surface area (Å²) in [7, 11) is 0. The normalized spacial score (nSPS) is 11.7. The molecule has 0 aromatic heterocycles. The SMILES string of the molecule is Cc1ccccc1C(CCl)(CCl)Cc1cc(F)ccc1F. The van der Waals surface area contributed by atoms with Crippen molar-refractivity contribution in [3.63, 3.8) is 0 Å². The van der Waals surface area contributed by atoms with E-state index in [-0.39, 0.29) is 18.2 Å². The van der Waals surface area contributed by atoms with Crippen molar-refractivity contribution in [3.8, 4) is 0 Å². The minimum atomic E-state index is -0.622. The van der Waals surface area contributed by atoms with Crippen LogP contribution in [0.5, 0.6) is 0 Å². The van der Waals surface area contributed by atoms with E-state index >= 15 is 0 Å². The van der Waals surface area contributed by atoms with Crippen molar-refractivity contribution >= 4 is 23.2 Å². The third-order valence-corrected chi connectivity index (χ3v) is 4.79. The minimum Gasteiger partial charge on any atom is -0.207 e. The fourth-order valence-electron chi connectivity index (χ4n) is 2.58. The van der Waals surface area contributed by atoms with Crippen LogP contribution < -0.4 is 0 Å². The number of halogens is 4. The van der Waals surface area contributed by atoms with Gasteiger partial charge in [-0.3, -0.25) is 0 Å². The van der Waals surface area contributed by atoms with Gasteiger partial charge in [0.2, 0.25) is 0 Å². The molecule has 0 saturated heterocycles. The number of hydrogen-bond acceptors (Lipinski definition) is 0. The van der Waals surface area contributed by atoms with E-state index in [4.69, 9.17) is 23.2 Å². The summed E-state index contributed by atoms with van der Waals surface area (Å²) >= 11 is 12.3. The third kappa shape index (κ3) is 3.38. The van der Waals surface area contributed by atoms with Crippen molar-refractivity contribution in [3.05, 3.63) is 70.8 Å². The molecule has 0 bridgehead atoms. The molecule has 21 heavy (non-hydrogen) atoms. The monoisotopic (exact) mass is 328 g/mol. The van der Waals surface area contributed by atoms with Crippen LogP contribution in [0.4, 0.5) is 8.78 Å². The molecule has 0 N–H and O–H groups in total. The average Bonchev–Trinajstić information content (AvgIpc) is 2.49. The first-order valence-corrected chi connectivity index (χ1v) is 7.71. The lowest BCUT2D eigenvalue weighted by molar-refractivity contribution is 0.504. The van der Waals surface area contributed by atoms with Crippen molar-refractivity contribution < 1.29 is 8.78 Å². The van der Waals surface area contributed by atoms with E-state index in [2.05, 4.69) is 0 Å². The third-order valence-electron chi connectivity index (χ3n) is 3.76. The second-order valence-electron chi connectivity index (χ2n) is 5.28. The Balaban J connectivity index is 2.48. The van der Waals surface area contributed by atoms with Crippen LogP contribution in [0.15, 0.2) is 42.5 Å². The Hall–Kier alpha value is -1.12. The molecule has 0 aliphatic carbocycles. The molecule has 0 unspecified atom stereocenters. The van der Waals surface area contributed by atoms with Crippen LogP contribution in [-0.4, -0.2) is 11.8 Å². The van der Waals surface area contributed by atoms with Gasteiger partial charge in [-0.05, 0) is 48.2 Å². The predicted octanol–water partition coefficient (Wildman–Crippen LogP) is 5.23. The van der Waals surface area contributed by atoms with Gasteiger partial charge in [0.25, 0.3) is 0 Å². The molecule has 0 aliphatic heterocycles. The highest BCUT2D eigenvalue weighted by atomic mass is 35.5. The van der Waals surface area contributed by atoms with E-state index in [1.165, 1.54) is 6.07 Å². The maximum Gasteiger partial charge on any atom is 0.126 e. The van der Waals surface area contributed by atoms with Crippen LogP contribution in [0.3, 0.4) is 0 Å². The molecule has 0 radical (unpaired) electrons. The van der Waals surface area contributed by atoms with Crippen molar-refractivity contribution in [2.24, 2.45) is 0 Å². The Labute approximate surface area is 133 Å². The molecule has 0 heterocycles. The molecule has 0 fully saturated rings. The molecule has 0 spiro atoms. The van der Waals surface area contributed by atoms with Crippen LogP contribution in [0.2, 0.25) is 0 Å². The highest BCUT2D eigenvalue weighted by Crippen LogP contribution is 2.34. The lowest BCUT2D eigenvalue weighted by Crippen LogP contribution is -2.34. The van der Waals surface area contributed by atoms with Gasteiger partial charge in [-0.15, -0.1) is 23.2 Å². The summed E-state index contributed by atoms with van der Waals surface area (Å²) in [4.78, 5) is 0. The first kappa shape index (κ1) is 16.3. The highest BCUT2D eigenvalue weighted by Gasteiger charge is 2.33. The Bertz CT molecular complexity index is 622. The first-order chi connectivity index (χ1) is 10.0. The van der Waals surface area contributed by atoms with E-state index in [1.807, 2.05) is 31.2 Å². The Morgan fingerprint density at radius 3 is 2.29 bits per heavy atom. The van der Waals surface area contributed by atoms with Crippen molar-refractivity contribution in [1.29, 1.82) is 0 Å². The fraction of sp³-hybridized carbons (Fsp3) is 0.294. The molecular weight excluding hydrogens is 313 g/mol. The molecule has 4 heteroatoms. The average molecular weight is 329 g/mol. The van der Waals surface area contributed by atoms with Gasteiger partial charge in [0.15, 0.2) is 0 Å². The number of benzene rings is 2. The van der Waals surface area contributed by atoms with Gasteiger partial charge in [0, 0.05) is 17.2 Å². The summed E-state index contributed by atoms with van der Waals surface area (Å²) in [6, 6.07) is 11.2. The van der Waals surface area contributed by atoms with E-state index in [1.54, 1.807) is 0 Å². The molecular formula is C17H16Cl2F2. The van der Waals surface area contributed by atoms with Gasteiger partial charge >= 0.3 is 0 Å². The van der Waals surface area contributed by atoms with Crippen molar-refractivity contribution in [1.82, 2.24) is 0 Å². The fourth-order valence-corrected chi connectivity index (χ4v) is 3.34. The summed E-state index contributed by atoms with van der Waals surface area (Å²) in [5, 5.41) is 0. The van der Waals surface area contributed by atoms with Gasteiger partial charge < -0.3 is 0 Å². The lowest BCUT2D eigenvalue weighted by Gasteiger charge is -2.32. The summed E-state index contributed by atoms with van der Waals surface area (Å²) in [5.41, 5.74) is 1.68. The van der Waals surface area contributed by atoms with Crippen molar-refractivity contribution in [2.75, 3.05) is 11.8 Å². The zero-order chi connectivity index (χ0) is 15.5. The molecule has 2 rings (SSSR count). The quantitative estimate of drug-likeness (QED) is 0.659. The van der Waals surface area contributed by atoms with Crippen LogP contribution in [0.1, 0.15) is 16.7 Å². The largest absolute Gasteiger partial charge is 0.207 e. The topological polar surface area (TPSA) is 0 Å². The van der Waals surface area contributed by atoms with E-state index < -0.39 is 17.0 Å². The van der Waals surface area contributed by atoms with E-state index in [0.29, 0.717) is 5.56 Å². The second-order valence-corrected chi connectivity index (χ2v) is 5.81. The first-order valence-electron chi connectivity index (χ1n) is 6.64. The molecule has 0 amide bonds. The smallest absolute Gasteiger partial charge is 0.126 e. The van der Waals surface area contributed by atoms with Crippen LogP contribution >= 0.6 is 23.2 Å². The summed E-state index contributed by atoms with van der Waals surface area (Å²) in [6.45, 7) is 1.96. The van der Waals surface area contributed by atoms with Crippen LogP contribution in [-0.2, 0) is 11.8 Å². The zero-order valence-corrected chi connectivity index (χ0v) is 13.2. The van der Waals surface area contributed by atoms with E-state index in [9.17, 15) is 8.78 Å². The molecule has 0 atom stereocenters. The Morgan fingerprint density at radius 1 is 1.00 bits per heavy atom. The van der Waals surface area contributed by atoms with Gasteiger partial charge in [0.1, 0.15) is 11.6 Å². The second kappa shape index (κ2) is 6.76. The number of rotatable bonds is 5. The standard InChI is InChI=1S/C17H16Cl2F2/c1-12-4-2-3-5-15(12)17(10-18,11-19)9-13-8-14(20)6-7-16(13)21/h2-8H,9-11H2,1H3.